The molecule has 0 aromatic carbocycles. The van der Waals surface area contributed by atoms with Crippen molar-refractivity contribution < 1.29 is 14.3 Å². The molecule has 34 heavy (non-hydrogen) atoms. The van der Waals surface area contributed by atoms with Crippen molar-refractivity contribution in [2.45, 2.75) is 51.8 Å². The van der Waals surface area contributed by atoms with E-state index in [4.69, 9.17) is 25.2 Å². The van der Waals surface area contributed by atoms with Crippen molar-refractivity contribution in [3.05, 3.63) is 18.0 Å². The van der Waals surface area contributed by atoms with Gasteiger partial charge < -0.3 is 29.9 Å². The lowest BCUT2D eigenvalue weighted by atomic mass is 10.1. The van der Waals surface area contributed by atoms with Crippen molar-refractivity contribution >= 4 is 23.8 Å². The summed E-state index contributed by atoms with van der Waals surface area (Å²) in [5.74, 6) is 1.83. The Hall–Kier alpha value is -3.21. The first-order chi connectivity index (χ1) is 16.2. The minimum atomic E-state index is -0.505. The minimum Gasteiger partial charge on any atom is -0.444 e. The Morgan fingerprint density at radius 1 is 1.15 bits per heavy atom. The molecule has 5 rings (SSSR count). The number of anilines is 3. The van der Waals surface area contributed by atoms with Crippen molar-refractivity contribution in [2.75, 3.05) is 54.9 Å². The molecule has 1 unspecified atom stereocenters. The number of hydrogen-bond acceptors (Lipinski definition) is 10. The van der Waals surface area contributed by atoms with Gasteiger partial charge in [0.1, 0.15) is 11.4 Å². The van der Waals surface area contributed by atoms with Crippen molar-refractivity contribution in [1.29, 1.82) is 0 Å². The Morgan fingerprint density at radius 2 is 1.88 bits per heavy atom. The Balaban J connectivity index is 1.45. The van der Waals surface area contributed by atoms with E-state index in [0.717, 1.165) is 42.1 Å². The fourth-order valence-electron chi connectivity index (χ4n) is 4.60. The molecule has 11 nitrogen and oxygen atoms in total. The summed E-state index contributed by atoms with van der Waals surface area (Å²) in [7, 11) is 0. The molecule has 182 valence electrons. The highest BCUT2D eigenvalue weighted by Crippen LogP contribution is 2.38. The lowest BCUT2D eigenvalue weighted by Crippen LogP contribution is -2.61. The Bertz CT molecular complexity index is 1070. The molecule has 0 saturated carbocycles. The Kier molecular flexibility index (Phi) is 5.67. The number of rotatable bonds is 3. The number of carbonyl (C=O) groups is 1. The van der Waals surface area contributed by atoms with Crippen molar-refractivity contribution in [3.8, 4) is 11.3 Å². The number of carbonyl (C=O) groups excluding carboxylic acids is 1. The molecule has 2 saturated heterocycles. The first kappa shape index (κ1) is 22.6. The maximum Gasteiger partial charge on any atom is 0.410 e. The zero-order chi connectivity index (χ0) is 24.0. The molecule has 2 fully saturated rings. The average molecular weight is 469 g/mol. The predicted molar refractivity (Wildman–Crippen MR) is 128 cm³/mol. The summed E-state index contributed by atoms with van der Waals surface area (Å²) < 4.78 is 11.1. The van der Waals surface area contributed by atoms with Gasteiger partial charge in [-0.3, -0.25) is 0 Å². The molecule has 2 aromatic rings. The van der Waals surface area contributed by atoms with E-state index in [1.165, 1.54) is 0 Å². The fourth-order valence-corrected chi connectivity index (χ4v) is 4.60. The summed E-state index contributed by atoms with van der Waals surface area (Å²) in [5.41, 5.74) is 7.95. The average Bonchev–Trinajstić information content (AvgIpc) is 3.15. The third-order valence-electron chi connectivity index (χ3n) is 6.37. The van der Waals surface area contributed by atoms with Gasteiger partial charge in [-0.05, 0) is 34.1 Å². The van der Waals surface area contributed by atoms with Crippen LogP contribution in [0, 0.1) is 0 Å². The second kappa shape index (κ2) is 8.53. The molecule has 0 aliphatic carbocycles. The highest BCUT2D eigenvalue weighted by molar-refractivity contribution is 5.74. The summed E-state index contributed by atoms with van der Waals surface area (Å²) in [6.07, 6.45) is 3.98. The Morgan fingerprint density at radius 3 is 2.56 bits per heavy atom. The zero-order valence-corrected chi connectivity index (χ0v) is 20.2. The normalized spacial score (nSPS) is 20.8. The summed E-state index contributed by atoms with van der Waals surface area (Å²) >= 11 is 0. The second-order valence-corrected chi connectivity index (χ2v) is 10.1. The number of nitrogens with zero attached hydrogens (tertiary/aromatic N) is 7. The SMILES string of the molecule is CC1COCCN1c1nc(-c2cnc(N)nc2)c2c(n1)N(C1CN(C(=O)OC(C)(C)C)C1)CC2. The monoisotopic (exact) mass is 468 g/mol. The molecule has 0 bridgehead atoms. The molecule has 2 aromatic heterocycles. The van der Waals surface area contributed by atoms with Crippen molar-refractivity contribution in [2.24, 2.45) is 0 Å². The summed E-state index contributed by atoms with van der Waals surface area (Å²) in [6, 6.07) is 0.359. The van der Waals surface area contributed by atoms with E-state index in [1.807, 2.05) is 20.8 Å². The Labute approximate surface area is 199 Å². The fraction of sp³-hybridized carbons (Fsp3) is 0.609. The number of morpholine rings is 1. The van der Waals surface area contributed by atoms with Gasteiger partial charge >= 0.3 is 6.09 Å². The van der Waals surface area contributed by atoms with Crippen molar-refractivity contribution in [3.63, 3.8) is 0 Å². The van der Waals surface area contributed by atoms with Crippen LogP contribution in [0.5, 0.6) is 0 Å². The van der Waals surface area contributed by atoms with E-state index in [0.29, 0.717) is 32.3 Å². The van der Waals surface area contributed by atoms with Crippen LogP contribution in [0.4, 0.5) is 22.5 Å². The quantitative estimate of drug-likeness (QED) is 0.712. The number of nitrogens with two attached hydrogens (primary N) is 1. The van der Waals surface area contributed by atoms with Crippen LogP contribution in [0.2, 0.25) is 0 Å². The van der Waals surface area contributed by atoms with Crippen LogP contribution in [0.3, 0.4) is 0 Å². The van der Waals surface area contributed by atoms with Gasteiger partial charge in [0.2, 0.25) is 11.9 Å². The summed E-state index contributed by atoms with van der Waals surface area (Å²) in [5, 5.41) is 0. The van der Waals surface area contributed by atoms with Gasteiger partial charge in [-0.15, -0.1) is 0 Å². The molecule has 3 aliphatic rings. The number of aromatic nitrogens is 4. The largest absolute Gasteiger partial charge is 0.444 e. The van der Waals surface area contributed by atoms with Crippen molar-refractivity contribution in [1.82, 2.24) is 24.8 Å². The van der Waals surface area contributed by atoms with Crippen LogP contribution in [-0.2, 0) is 15.9 Å². The van der Waals surface area contributed by atoms with Gasteiger partial charge in [-0.25, -0.2) is 19.7 Å². The molecule has 0 spiro atoms. The van der Waals surface area contributed by atoms with Gasteiger partial charge in [-0.1, -0.05) is 0 Å². The van der Waals surface area contributed by atoms with Crippen LogP contribution in [-0.4, -0.2) is 88.0 Å². The molecule has 1 amide bonds. The van der Waals surface area contributed by atoms with Gasteiger partial charge in [0.05, 0.1) is 31.0 Å². The van der Waals surface area contributed by atoms with E-state index in [1.54, 1.807) is 17.3 Å². The zero-order valence-electron chi connectivity index (χ0n) is 20.2. The predicted octanol–water partition coefficient (Wildman–Crippen LogP) is 1.72. The minimum absolute atomic E-state index is 0.170. The highest BCUT2D eigenvalue weighted by Gasteiger charge is 2.41. The maximum absolute atomic E-state index is 12.4. The summed E-state index contributed by atoms with van der Waals surface area (Å²) in [4.78, 5) is 37.0. The molecule has 5 heterocycles. The standard InChI is InChI=1S/C23H32N8O3/c1-14-13-33-8-7-30(14)21-27-18(15-9-25-20(24)26-10-15)17-5-6-31(19(17)28-21)16-11-29(12-16)22(32)34-23(2,3)4/h9-10,14,16H,5-8,11-13H2,1-4H3,(H2,24,25,26). The lowest BCUT2D eigenvalue weighted by Gasteiger charge is -2.44. The van der Waals surface area contributed by atoms with Crippen LogP contribution in [0.1, 0.15) is 33.3 Å². The number of ether oxygens (including phenoxy) is 2. The van der Waals surface area contributed by atoms with E-state index >= 15 is 0 Å². The van der Waals surface area contributed by atoms with Crippen LogP contribution < -0.4 is 15.5 Å². The smallest absolute Gasteiger partial charge is 0.410 e. The van der Waals surface area contributed by atoms with E-state index in [9.17, 15) is 4.79 Å². The van der Waals surface area contributed by atoms with Gasteiger partial charge in [0.15, 0.2) is 0 Å². The van der Waals surface area contributed by atoms with E-state index in [2.05, 4.69) is 26.7 Å². The number of nitrogen functional groups attached to an aromatic ring is 1. The molecule has 1 atom stereocenters. The van der Waals surface area contributed by atoms with Crippen LogP contribution in [0.25, 0.3) is 11.3 Å². The maximum atomic E-state index is 12.4. The first-order valence-corrected chi connectivity index (χ1v) is 11.8. The third-order valence-corrected chi connectivity index (χ3v) is 6.37. The number of likely N-dealkylation sites (tertiary alicyclic amines) is 1. The van der Waals surface area contributed by atoms with Gasteiger partial charge in [-0.2, -0.15) is 4.98 Å². The molecular formula is C23H32N8O3. The number of amides is 1. The molecule has 3 aliphatic heterocycles. The van der Waals surface area contributed by atoms with E-state index < -0.39 is 5.60 Å². The topological polar surface area (TPSA) is 123 Å². The lowest BCUT2D eigenvalue weighted by molar-refractivity contribution is 0.00821. The van der Waals surface area contributed by atoms with Gasteiger partial charge in [0.25, 0.3) is 0 Å². The van der Waals surface area contributed by atoms with Crippen LogP contribution >= 0.6 is 0 Å². The van der Waals surface area contributed by atoms with Crippen LogP contribution in [0.15, 0.2) is 12.4 Å². The number of fused-ring (bicyclic) bond motifs is 1. The van der Waals surface area contributed by atoms with E-state index in [-0.39, 0.29) is 24.1 Å². The molecule has 2 N–H and O–H groups in total. The highest BCUT2D eigenvalue weighted by atomic mass is 16.6. The number of hydrogen-bond donors (Lipinski definition) is 1. The van der Waals surface area contributed by atoms with Gasteiger partial charge in [0, 0.05) is 49.7 Å². The first-order valence-electron chi connectivity index (χ1n) is 11.8. The molecule has 0 radical (unpaired) electrons. The molecule has 11 heteroatoms. The third kappa shape index (κ3) is 4.31. The summed E-state index contributed by atoms with van der Waals surface area (Å²) in [6.45, 7) is 11.8. The second-order valence-electron chi connectivity index (χ2n) is 10.1. The molecular weight excluding hydrogens is 436 g/mol.